The molecule has 4 rings (SSSR count). The van der Waals surface area contributed by atoms with Crippen LogP contribution in [0.2, 0.25) is 0 Å². The molecule has 1 aliphatic rings. The van der Waals surface area contributed by atoms with Gasteiger partial charge in [0.2, 0.25) is 0 Å². The van der Waals surface area contributed by atoms with Gasteiger partial charge in [-0.15, -0.1) is 11.3 Å². The highest BCUT2D eigenvalue weighted by atomic mass is 32.1. The van der Waals surface area contributed by atoms with E-state index in [0.29, 0.717) is 33.7 Å². The minimum atomic E-state index is -0.0349. The maximum absolute atomic E-state index is 12.2. The molecule has 6 nitrogen and oxygen atoms in total. The third-order valence-corrected chi connectivity index (χ3v) is 5.61. The van der Waals surface area contributed by atoms with E-state index in [0.717, 1.165) is 17.0 Å². The maximum atomic E-state index is 12.2. The van der Waals surface area contributed by atoms with Crippen LogP contribution < -0.4 is 14.8 Å². The van der Waals surface area contributed by atoms with Crippen molar-refractivity contribution >= 4 is 17.2 Å². The van der Waals surface area contributed by atoms with Crippen LogP contribution in [-0.2, 0) is 0 Å². The highest BCUT2D eigenvalue weighted by Crippen LogP contribution is 2.36. The van der Waals surface area contributed by atoms with Gasteiger partial charge in [0.25, 0.3) is 5.91 Å². The smallest absolute Gasteiger partial charge is 0.261 e. The Morgan fingerprint density at radius 2 is 2.07 bits per heavy atom. The Kier molecular flexibility index (Phi) is 4.85. The summed E-state index contributed by atoms with van der Waals surface area (Å²) >= 11 is 1.39. The summed E-state index contributed by atoms with van der Waals surface area (Å²) in [5.41, 5.74) is 1.43. The van der Waals surface area contributed by atoms with Crippen LogP contribution in [0.3, 0.4) is 0 Å². The van der Waals surface area contributed by atoms with Crippen molar-refractivity contribution in [2.75, 3.05) is 20.8 Å². The Morgan fingerprint density at radius 3 is 2.81 bits per heavy atom. The summed E-state index contributed by atoms with van der Waals surface area (Å²) in [6.07, 6.45) is 2.43. The van der Waals surface area contributed by atoms with Crippen molar-refractivity contribution in [3.63, 3.8) is 0 Å². The molecule has 0 aliphatic heterocycles. The fourth-order valence-electron chi connectivity index (χ4n) is 2.77. The number of amides is 1. The molecule has 7 heteroatoms. The summed E-state index contributed by atoms with van der Waals surface area (Å²) < 4.78 is 16.2. The molecule has 1 N–H and O–H groups in total. The number of hydrogen-bond donors (Lipinski definition) is 1. The molecule has 27 heavy (non-hydrogen) atoms. The zero-order valence-electron chi connectivity index (χ0n) is 15.2. The van der Waals surface area contributed by atoms with E-state index in [1.807, 2.05) is 36.4 Å². The van der Waals surface area contributed by atoms with Crippen molar-refractivity contribution in [2.24, 2.45) is 5.92 Å². The summed E-state index contributed by atoms with van der Waals surface area (Å²) in [4.78, 5) is 13.7. The SMILES string of the molecule is COc1ccc(OC)c(-c2cc(-c3ccc(C(=O)NCC4CC4)s3)on2)c1. The Hall–Kier alpha value is -2.80. The molecule has 0 saturated heterocycles. The second-order valence-corrected chi connectivity index (χ2v) is 7.54. The van der Waals surface area contributed by atoms with E-state index in [4.69, 9.17) is 14.0 Å². The number of nitrogens with zero attached hydrogens (tertiary/aromatic N) is 1. The summed E-state index contributed by atoms with van der Waals surface area (Å²) in [5, 5.41) is 7.14. The number of benzene rings is 1. The van der Waals surface area contributed by atoms with Crippen molar-refractivity contribution in [1.82, 2.24) is 10.5 Å². The van der Waals surface area contributed by atoms with Gasteiger partial charge in [-0.25, -0.2) is 0 Å². The fraction of sp³-hybridized carbons (Fsp3) is 0.300. The summed E-state index contributed by atoms with van der Waals surface area (Å²) in [6.45, 7) is 0.758. The predicted molar refractivity (Wildman–Crippen MR) is 103 cm³/mol. The second kappa shape index (κ2) is 7.44. The maximum Gasteiger partial charge on any atom is 0.261 e. The van der Waals surface area contributed by atoms with Gasteiger partial charge in [0.1, 0.15) is 17.2 Å². The van der Waals surface area contributed by atoms with Crippen LogP contribution in [0.25, 0.3) is 21.9 Å². The third-order valence-electron chi connectivity index (χ3n) is 4.51. The van der Waals surface area contributed by atoms with Crippen LogP contribution in [0.4, 0.5) is 0 Å². The topological polar surface area (TPSA) is 73.6 Å². The van der Waals surface area contributed by atoms with E-state index in [1.165, 1.54) is 24.2 Å². The van der Waals surface area contributed by atoms with Crippen molar-refractivity contribution in [1.29, 1.82) is 0 Å². The first-order valence-electron chi connectivity index (χ1n) is 8.75. The number of nitrogens with one attached hydrogen (secondary N) is 1. The Morgan fingerprint density at radius 1 is 1.22 bits per heavy atom. The first-order valence-corrected chi connectivity index (χ1v) is 9.57. The van der Waals surface area contributed by atoms with Crippen LogP contribution in [0.1, 0.15) is 22.5 Å². The molecule has 3 aromatic rings. The molecule has 0 bridgehead atoms. The van der Waals surface area contributed by atoms with Crippen LogP contribution >= 0.6 is 11.3 Å². The molecule has 2 aromatic heterocycles. The van der Waals surface area contributed by atoms with Crippen molar-refractivity contribution in [3.05, 3.63) is 41.3 Å². The number of rotatable bonds is 7. The number of methoxy groups -OCH3 is 2. The van der Waals surface area contributed by atoms with Crippen molar-refractivity contribution in [2.45, 2.75) is 12.8 Å². The third kappa shape index (κ3) is 3.83. The fourth-order valence-corrected chi connectivity index (χ4v) is 3.64. The Labute approximate surface area is 161 Å². The standard InChI is InChI=1S/C20H20N2O4S/c1-24-13-5-6-16(25-2)14(9-13)15-10-17(26-22-15)18-7-8-19(27-18)20(23)21-11-12-3-4-12/h5-10,12H,3-4,11H2,1-2H3,(H,21,23). The number of carbonyl (C=O) groups is 1. The van der Waals surface area contributed by atoms with Crippen LogP contribution in [0.5, 0.6) is 11.5 Å². The van der Waals surface area contributed by atoms with Gasteiger partial charge < -0.3 is 19.3 Å². The summed E-state index contributed by atoms with van der Waals surface area (Å²) in [7, 11) is 3.22. The van der Waals surface area contributed by atoms with Crippen molar-refractivity contribution in [3.8, 4) is 33.4 Å². The van der Waals surface area contributed by atoms with Gasteiger partial charge in [-0.2, -0.15) is 0 Å². The number of thiophene rings is 1. The zero-order chi connectivity index (χ0) is 18.8. The van der Waals surface area contributed by atoms with Crippen LogP contribution in [0.15, 0.2) is 40.9 Å². The molecule has 0 radical (unpaired) electrons. The lowest BCUT2D eigenvalue weighted by molar-refractivity contribution is 0.0956. The average Bonchev–Trinajstić information content (AvgIpc) is 3.19. The van der Waals surface area contributed by atoms with Crippen LogP contribution in [-0.4, -0.2) is 31.8 Å². The molecule has 1 aliphatic carbocycles. The molecule has 1 fully saturated rings. The molecule has 1 amide bonds. The minimum absolute atomic E-state index is 0.0349. The predicted octanol–water partition coefficient (Wildman–Crippen LogP) is 4.23. The number of aromatic nitrogens is 1. The monoisotopic (exact) mass is 384 g/mol. The van der Waals surface area contributed by atoms with E-state index in [-0.39, 0.29) is 5.91 Å². The highest BCUT2D eigenvalue weighted by molar-refractivity contribution is 7.17. The van der Waals surface area contributed by atoms with Gasteiger partial charge in [0.05, 0.1) is 24.0 Å². The molecular weight excluding hydrogens is 364 g/mol. The zero-order valence-corrected chi connectivity index (χ0v) is 16.0. The lowest BCUT2D eigenvalue weighted by Crippen LogP contribution is -2.24. The van der Waals surface area contributed by atoms with E-state index in [1.54, 1.807) is 14.2 Å². The van der Waals surface area contributed by atoms with Gasteiger partial charge >= 0.3 is 0 Å². The molecule has 140 valence electrons. The van der Waals surface area contributed by atoms with E-state index >= 15 is 0 Å². The van der Waals surface area contributed by atoms with Gasteiger partial charge in [0.15, 0.2) is 5.76 Å². The van der Waals surface area contributed by atoms with Gasteiger partial charge in [-0.05, 0) is 49.1 Å². The normalized spacial score (nSPS) is 13.4. The number of ether oxygens (including phenoxy) is 2. The van der Waals surface area contributed by atoms with Gasteiger partial charge in [-0.1, -0.05) is 5.16 Å². The lowest BCUT2D eigenvalue weighted by atomic mass is 10.1. The number of carbonyl (C=O) groups excluding carboxylic acids is 1. The Balaban J connectivity index is 1.55. The molecule has 0 unspecified atom stereocenters. The lowest BCUT2D eigenvalue weighted by Gasteiger charge is -2.07. The summed E-state index contributed by atoms with van der Waals surface area (Å²) in [5.74, 6) is 2.62. The minimum Gasteiger partial charge on any atom is -0.497 e. The van der Waals surface area contributed by atoms with Gasteiger partial charge in [-0.3, -0.25) is 4.79 Å². The quantitative estimate of drug-likeness (QED) is 0.660. The highest BCUT2D eigenvalue weighted by Gasteiger charge is 2.22. The van der Waals surface area contributed by atoms with E-state index < -0.39 is 0 Å². The first kappa shape index (κ1) is 17.6. The van der Waals surface area contributed by atoms with Gasteiger partial charge in [0, 0.05) is 18.2 Å². The molecular formula is C20H20N2O4S. The Bertz CT molecular complexity index is 959. The van der Waals surface area contributed by atoms with E-state index in [9.17, 15) is 4.79 Å². The largest absolute Gasteiger partial charge is 0.497 e. The second-order valence-electron chi connectivity index (χ2n) is 6.46. The first-order chi connectivity index (χ1) is 13.2. The summed E-state index contributed by atoms with van der Waals surface area (Å²) in [6, 6.07) is 11.0. The molecule has 0 spiro atoms. The molecule has 1 aromatic carbocycles. The molecule has 0 atom stereocenters. The average molecular weight is 384 g/mol. The van der Waals surface area contributed by atoms with Crippen molar-refractivity contribution < 1.29 is 18.8 Å². The van der Waals surface area contributed by atoms with E-state index in [2.05, 4.69) is 10.5 Å². The van der Waals surface area contributed by atoms with Crippen LogP contribution in [0, 0.1) is 5.92 Å². The molecule has 1 saturated carbocycles. The number of hydrogen-bond acceptors (Lipinski definition) is 6. The molecule has 2 heterocycles.